The van der Waals surface area contributed by atoms with Gasteiger partial charge in [0.25, 0.3) is 5.69 Å². The van der Waals surface area contributed by atoms with E-state index in [-0.39, 0.29) is 0 Å². The molecule has 1 aromatic carbocycles. The molecule has 0 atom stereocenters. The average Bonchev–Trinajstić information content (AvgIpc) is 2.23. The lowest BCUT2D eigenvalue weighted by molar-refractivity contribution is -0.385. The summed E-state index contributed by atoms with van der Waals surface area (Å²) >= 11 is 0. The minimum Gasteiger partial charge on any atom is -0.258 e. The molecule has 0 unspecified atom stereocenters. The summed E-state index contributed by atoms with van der Waals surface area (Å²) in [6.45, 7) is 0. The molecule has 1 rings (SSSR count). The molecule has 102 valence electrons. The molecular formula is C10H6F3NO4S. The van der Waals surface area contributed by atoms with Crippen LogP contribution in [0.5, 0.6) is 0 Å². The Balaban J connectivity index is 3.43. The largest absolute Gasteiger partial charge is 0.416 e. The first-order valence-electron chi connectivity index (χ1n) is 4.59. The molecule has 5 nitrogen and oxygen atoms in total. The van der Waals surface area contributed by atoms with Crippen LogP contribution in [0.3, 0.4) is 0 Å². The Bertz CT molecular complexity index is 683. The number of hydrogen-bond donors (Lipinski definition) is 0. The summed E-state index contributed by atoms with van der Waals surface area (Å²) in [4.78, 5) is 9.59. The lowest BCUT2D eigenvalue weighted by atomic mass is 10.1. The molecule has 0 saturated heterocycles. The van der Waals surface area contributed by atoms with E-state index >= 15 is 0 Å². The SMILES string of the molecule is CS(=O)(=O)C#Cc1ccc(C(F)(F)F)cc1[N+](=O)[O-]. The third-order valence-corrected chi connectivity index (χ3v) is 2.37. The van der Waals surface area contributed by atoms with E-state index in [2.05, 4.69) is 0 Å². The Hall–Kier alpha value is -2.08. The maximum absolute atomic E-state index is 12.4. The molecule has 0 aliphatic rings. The van der Waals surface area contributed by atoms with Gasteiger partial charge in [0, 0.05) is 11.3 Å². The van der Waals surface area contributed by atoms with Gasteiger partial charge in [0.15, 0.2) is 0 Å². The lowest BCUT2D eigenvalue weighted by Gasteiger charge is -2.06. The minimum absolute atomic E-state index is 0.312. The van der Waals surface area contributed by atoms with Crippen LogP contribution in [0.2, 0.25) is 0 Å². The second-order valence-corrected chi connectivity index (χ2v) is 5.23. The minimum atomic E-state index is -4.73. The van der Waals surface area contributed by atoms with Crippen molar-refractivity contribution in [3.05, 3.63) is 39.4 Å². The van der Waals surface area contributed by atoms with Crippen molar-refractivity contribution in [2.75, 3.05) is 6.26 Å². The summed E-state index contributed by atoms with van der Waals surface area (Å²) in [7, 11) is -3.71. The van der Waals surface area contributed by atoms with Crippen LogP contribution in [0.1, 0.15) is 11.1 Å². The van der Waals surface area contributed by atoms with E-state index in [0.29, 0.717) is 12.1 Å². The van der Waals surface area contributed by atoms with Crippen LogP contribution in [-0.2, 0) is 16.0 Å². The number of halogens is 3. The normalized spacial score (nSPS) is 11.6. The zero-order valence-electron chi connectivity index (χ0n) is 9.35. The Kier molecular flexibility index (Phi) is 3.86. The number of nitrogens with zero attached hydrogens (tertiary/aromatic N) is 1. The maximum atomic E-state index is 12.4. The summed E-state index contributed by atoms with van der Waals surface area (Å²) in [5.41, 5.74) is -2.50. The summed E-state index contributed by atoms with van der Waals surface area (Å²) in [5, 5.41) is 12.4. The molecule has 0 aliphatic carbocycles. The van der Waals surface area contributed by atoms with Gasteiger partial charge in [-0.05, 0) is 18.1 Å². The van der Waals surface area contributed by atoms with Crippen molar-refractivity contribution in [2.45, 2.75) is 6.18 Å². The summed E-state index contributed by atoms with van der Waals surface area (Å²) in [5.74, 6) is 1.97. The van der Waals surface area contributed by atoms with Gasteiger partial charge in [0.2, 0.25) is 9.84 Å². The Morgan fingerprint density at radius 2 is 1.89 bits per heavy atom. The fraction of sp³-hybridized carbons (Fsp3) is 0.200. The maximum Gasteiger partial charge on any atom is 0.416 e. The predicted octanol–water partition coefficient (Wildman–Crippen LogP) is 1.97. The molecule has 0 amide bonds. The molecule has 9 heteroatoms. The van der Waals surface area contributed by atoms with E-state index < -0.39 is 37.8 Å². The van der Waals surface area contributed by atoms with Crippen LogP contribution >= 0.6 is 0 Å². The molecule has 0 spiro atoms. The van der Waals surface area contributed by atoms with Crippen molar-refractivity contribution >= 4 is 15.5 Å². The Labute approximate surface area is 106 Å². The van der Waals surface area contributed by atoms with E-state index in [1.165, 1.54) is 0 Å². The zero-order valence-corrected chi connectivity index (χ0v) is 10.2. The quantitative estimate of drug-likeness (QED) is 0.450. The van der Waals surface area contributed by atoms with E-state index in [0.717, 1.165) is 12.3 Å². The molecule has 0 N–H and O–H groups in total. The standard InChI is InChI=1S/C10H6F3NO4S/c1-19(17,18)5-4-7-2-3-8(10(11,12)13)6-9(7)14(15)16/h2-3,6H,1H3. The van der Waals surface area contributed by atoms with Crippen molar-refractivity contribution in [3.8, 4) is 11.2 Å². The van der Waals surface area contributed by atoms with Gasteiger partial charge in [-0.25, -0.2) is 8.42 Å². The van der Waals surface area contributed by atoms with Gasteiger partial charge in [0.1, 0.15) is 5.56 Å². The molecular weight excluding hydrogens is 287 g/mol. The highest BCUT2D eigenvalue weighted by Crippen LogP contribution is 2.32. The molecule has 1 aromatic rings. The van der Waals surface area contributed by atoms with Crippen LogP contribution in [0.4, 0.5) is 18.9 Å². The highest BCUT2D eigenvalue weighted by molar-refractivity contribution is 7.95. The number of hydrogen-bond acceptors (Lipinski definition) is 4. The van der Waals surface area contributed by atoms with E-state index in [1.807, 2.05) is 5.92 Å². The topological polar surface area (TPSA) is 77.3 Å². The van der Waals surface area contributed by atoms with E-state index in [1.54, 1.807) is 5.25 Å². The van der Waals surface area contributed by atoms with Gasteiger partial charge in [0.05, 0.1) is 16.7 Å². The second kappa shape index (κ2) is 4.89. The molecule has 0 radical (unpaired) electrons. The number of sulfone groups is 1. The van der Waals surface area contributed by atoms with Crippen molar-refractivity contribution in [1.82, 2.24) is 0 Å². The Morgan fingerprint density at radius 3 is 2.32 bits per heavy atom. The first kappa shape index (κ1) is 15.0. The third-order valence-electron chi connectivity index (χ3n) is 1.89. The van der Waals surface area contributed by atoms with Gasteiger partial charge in [-0.3, -0.25) is 10.1 Å². The smallest absolute Gasteiger partial charge is 0.258 e. The zero-order chi connectivity index (χ0) is 14.8. The highest BCUT2D eigenvalue weighted by atomic mass is 32.2. The van der Waals surface area contributed by atoms with Gasteiger partial charge in [-0.2, -0.15) is 13.2 Å². The average molecular weight is 293 g/mol. The van der Waals surface area contributed by atoms with Crippen LogP contribution in [0.25, 0.3) is 0 Å². The summed E-state index contributed by atoms with van der Waals surface area (Å²) < 4.78 is 58.7. The highest BCUT2D eigenvalue weighted by Gasteiger charge is 2.32. The van der Waals surface area contributed by atoms with Crippen LogP contribution in [-0.4, -0.2) is 19.6 Å². The second-order valence-electron chi connectivity index (χ2n) is 3.49. The van der Waals surface area contributed by atoms with Gasteiger partial charge >= 0.3 is 6.18 Å². The fourth-order valence-electron chi connectivity index (χ4n) is 1.11. The summed E-state index contributed by atoms with van der Waals surface area (Å²) in [6.07, 6.45) is -3.95. The third kappa shape index (κ3) is 4.26. The first-order valence-corrected chi connectivity index (χ1v) is 6.48. The molecule has 0 heterocycles. The number of rotatable bonds is 1. The Morgan fingerprint density at radius 1 is 1.32 bits per heavy atom. The molecule has 0 saturated carbocycles. The van der Waals surface area contributed by atoms with Crippen molar-refractivity contribution < 1.29 is 26.5 Å². The van der Waals surface area contributed by atoms with Crippen LogP contribution in [0, 0.1) is 21.3 Å². The molecule has 19 heavy (non-hydrogen) atoms. The van der Waals surface area contributed by atoms with Gasteiger partial charge < -0.3 is 0 Å². The predicted molar refractivity (Wildman–Crippen MR) is 59.8 cm³/mol. The number of benzene rings is 1. The van der Waals surface area contributed by atoms with Crippen molar-refractivity contribution in [3.63, 3.8) is 0 Å². The monoisotopic (exact) mass is 293 g/mol. The lowest BCUT2D eigenvalue weighted by Crippen LogP contribution is -2.06. The number of nitro groups is 1. The van der Waals surface area contributed by atoms with Gasteiger partial charge in [-0.1, -0.05) is 0 Å². The first-order chi connectivity index (χ1) is 8.50. The molecule has 0 fully saturated rings. The van der Waals surface area contributed by atoms with Crippen LogP contribution < -0.4 is 0 Å². The van der Waals surface area contributed by atoms with Crippen LogP contribution in [0.15, 0.2) is 18.2 Å². The van der Waals surface area contributed by atoms with E-state index in [9.17, 15) is 31.7 Å². The number of alkyl halides is 3. The molecule has 0 bridgehead atoms. The number of nitro benzene ring substituents is 1. The molecule has 0 aliphatic heterocycles. The van der Waals surface area contributed by atoms with E-state index in [4.69, 9.17) is 0 Å². The van der Waals surface area contributed by atoms with Crippen molar-refractivity contribution in [1.29, 1.82) is 0 Å². The fourth-order valence-corrected chi connectivity index (χ4v) is 1.41. The molecule has 0 aromatic heterocycles. The van der Waals surface area contributed by atoms with Gasteiger partial charge in [-0.15, -0.1) is 0 Å². The van der Waals surface area contributed by atoms with Crippen molar-refractivity contribution in [2.24, 2.45) is 0 Å². The summed E-state index contributed by atoms with van der Waals surface area (Å²) in [6, 6.07) is 1.67.